The van der Waals surface area contributed by atoms with Crippen LogP contribution in [0.3, 0.4) is 0 Å². The number of halogens is 1. The lowest BCUT2D eigenvalue weighted by atomic mass is 9.78. The van der Waals surface area contributed by atoms with E-state index in [1.807, 2.05) is 4.90 Å². The Labute approximate surface area is 132 Å². The maximum atomic E-state index is 12.4. The molecule has 116 valence electrons. The lowest BCUT2D eigenvalue weighted by Crippen LogP contribution is -2.38. The predicted molar refractivity (Wildman–Crippen MR) is 82.9 cm³/mol. The SMILES string of the molecule is Cl.NC1CCCC2CN(C(=O)c3csc([N+](=O)[O-])c3)CC12. The Kier molecular flexibility index (Phi) is 4.85. The van der Waals surface area contributed by atoms with Gasteiger partial charge in [-0.25, -0.2) is 0 Å². The number of hydrogen-bond donors (Lipinski definition) is 1. The van der Waals surface area contributed by atoms with Crippen molar-refractivity contribution in [1.82, 2.24) is 4.90 Å². The van der Waals surface area contributed by atoms with Gasteiger partial charge in [-0.15, -0.1) is 12.4 Å². The van der Waals surface area contributed by atoms with Gasteiger partial charge in [-0.3, -0.25) is 14.9 Å². The summed E-state index contributed by atoms with van der Waals surface area (Å²) in [5, 5.41) is 12.3. The van der Waals surface area contributed by atoms with Crippen LogP contribution >= 0.6 is 23.7 Å². The van der Waals surface area contributed by atoms with Gasteiger partial charge in [-0.1, -0.05) is 17.8 Å². The molecule has 1 aromatic heterocycles. The third-order valence-electron chi connectivity index (χ3n) is 4.45. The molecule has 1 saturated carbocycles. The van der Waals surface area contributed by atoms with Gasteiger partial charge in [-0.2, -0.15) is 0 Å². The lowest BCUT2D eigenvalue weighted by molar-refractivity contribution is -0.380. The summed E-state index contributed by atoms with van der Waals surface area (Å²) >= 11 is 0.999. The van der Waals surface area contributed by atoms with Crippen LogP contribution in [0.5, 0.6) is 0 Å². The molecule has 2 N–H and O–H groups in total. The number of hydrogen-bond acceptors (Lipinski definition) is 5. The Morgan fingerprint density at radius 3 is 2.81 bits per heavy atom. The molecule has 2 fully saturated rings. The van der Waals surface area contributed by atoms with Crippen molar-refractivity contribution in [3.05, 3.63) is 27.1 Å². The highest BCUT2D eigenvalue weighted by molar-refractivity contribution is 7.13. The number of amides is 1. The minimum absolute atomic E-state index is 0. The number of nitrogens with two attached hydrogens (primary N) is 1. The van der Waals surface area contributed by atoms with E-state index in [4.69, 9.17) is 5.73 Å². The first-order chi connectivity index (χ1) is 9.56. The number of carbonyl (C=O) groups excluding carboxylic acids is 1. The minimum atomic E-state index is -0.457. The molecule has 0 spiro atoms. The second kappa shape index (κ2) is 6.29. The number of likely N-dealkylation sites (tertiary alicyclic amines) is 1. The van der Waals surface area contributed by atoms with Crippen LogP contribution in [0.25, 0.3) is 0 Å². The van der Waals surface area contributed by atoms with E-state index in [2.05, 4.69) is 0 Å². The normalized spacial score (nSPS) is 27.9. The molecule has 21 heavy (non-hydrogen) atoms. The molecule has 1 aliphatic heterocycles. The summed E-state index contributed by atoms with van der Waals surface area (Å²) in [6, 6.07) is 1.55. The van der Waals surface area contributed by atoms with Gasteiger partial charge in [0.25, 0.3) is 5.91 Å². The van der Waals surface area contributed by atoms with Gasteiger partial charge in [-0.05, 0) is 24.7 Å². The first kappa shape index (κ1) is 16.2. The Hall–Kier alpha value is -1.18. The zero-order valence-corrected chi connectivity index (χ0v) is 13.1. The molecule has 3 rings (SSSR count). The average molecular weight is 332 g/mol. The molecule has 0 radical (unpaired) electrons. The Bertz CT molecular complexity index is 551. The lowest BCUT2D eigenvalue weighted by Gasteiger charge is -2.29. The van der Waals surface area contributed by atoms with Crippen molar-refractivity contribution < 1.29 is 9.72 Å². The van der Waals surface area contributed by atoms with Gasteiger partial charge in [0.05, 0.1) is 10.5 Å². The minimum Gasteiger partial charge on any atom is -0.338 e. The number of nitro groups is 1. The second-order valence-corrected chi connectivity index (χ2v) is 6.55. The molecule has 6 nitrogen and oxygen atoms in total. The summed E-state index contributed by atoms with van der Waals surface area (Å²) in [5.74, 6) is 0.786. The topological polar surface area (TPSA) is 89.5 Å². The summed E-state index contributed by atoms with van der Waals surface area (Å²) in [7, 11) is 0. The molecular weight excluding hydrogens is 314 g/mol. The summed E-state index contributed by atoms with van der Waals surface area (Å²) in [4.78, 5) is 24.4. The number of nitrogens with zero attached hydrogens (tertiary/aromatic N) is 2. The standard InChI is InChI=1S/C13H17N3O3S.ClH/c14-11-3-1-2-8-5-15(6-10(8)11)13(17)9-4-12(16(18)19)20-7-9;/h4,7-8,10-11H,1-3,5-6,14H2;1H. The molecule has 2 heterocycles. The average Bonchev–Trinajstić information content (AvgIpc) is 3.05. The van der Waals surface area contributed by atoms with Gasteiger partial charge in [0.1, 0.15) is 0 Å². The van der Waals surface area contributed by atoms with Crippen LogP contribution in [0.15, 0.2) is 11.4 Å². The van der Waals surface area contributed by atoms with E-state index in [1.54, 1.807) is 5.38 Å². The maximum absolute atomic E-state index is 12.4. The quantitative estimate of drug-likeness (QED) is 0.665. The van der Waals surface area contributed by atoms with Gasteiger partial charge >= 0.3 is 5.00 Å². The molecule has 1 aliphatic carbocycles. The zero-order chi connectivity index (χ0) is 14.3. The summed E-state index contributed by atoms with van der Waals surface area (Å²) < 4.78 is 0. The monoisotopic (exact) mass is 331 g/mol. The van der Waals surface area contributed by atoms with E-state index in [0.29, 0.717) is 23.9 Å². The van der Waals surface area contributed by atoms with Crippen molar-refractivity contribution in [2.45, 2.75) is 25.3 Å². The molecule has 1 aromatic rings. The van der Waals surface area contributed by atoms with Crippen molar-refractivity contribution >= 4 is 34.7 Å². The fraction of sp³-hybridized carbons (Fsp3) is 0.615. The molecule has 2 aliphatic rings. The van der Waals surface area contributed by atoms with E-state index < -0.39 is 4.92 Å². The fourth-order valence-corrected chi connectivity index (χ4v) is 4.10. The van der Waals surface area contributed by atoms with Crippen molar-refractivity contribution in [3.63, 3.8) is 0 Å². The maximum Gasteiger partial charge on any atom is 0.324 e. The van der Waals surface area contributed by atoms with Gasteiger partial charge in [0.2, 0.25) is 0 Å². The summed E-state index contributed by atoms with van der Waals surface area (Å²) in [6.45, 7) is 1.43. The highest BCUT2D eigenvalue weighted by atomic mass is 35.5. The third kappa shape index (κ3) is 3.04. The van der Waals surface area contributed by atoms with E-state index in [9.17, 15) is 14.9 Å². The second-order valence-electron chi connectivity index (χ2n) is 5.66. The molecule has 1 amide bonds. The number of rotatable bonds is 2. The van der Waals surface area contributed by atoms with Crippen LogP contribution in [-0.4, -0.2) is 34.9 Å². The van der Waals surface area contributed by atoms with Crippen molar-refractivity contribution in [1.29, 1.82) is 0 Å². The van der Waals surface area contributed by atoms with E-state index in [1.165, 1.54) is 6.07 Å². The molecule has 0 bridgehead atoms. The van der Waals surface area contributed by atoms with Gasteiger partial charge in [0, 0.05) is 30.6 Å². The predicted octanol–water partition coefficient (Wildman–Crippen LogP) is 2.28. The van der Waals surface area contributed by atoms with Crippen molar-refractivity contribution in [2.24, 2.45) is 17.6 Å². The van der Waals surface area contributed by atoms with E-state index in [-0.39, 0.29) is 29.4 Å². The van der Waals surface area contributed by atoms with Crippen LogP contribution in [0.2, 0.25) is 0 Å². The zero-order valence-electron chi connectivity index (χ0n) is 11.4. The van der Waals surface area contributed by atoms with E-state index >= 15 is 0 Å². The fourth-order valence-electron chi connectivity index (χ4n) is 3.40. The van der Waals surface area contributed by atoms with Crippen LogP contribution in [0, 0.1) is 22.0 Å². The largest absolute Gasteiger partial charge is 0.338 e. The molecule has 8 heteroatoms. The van der Waals surface area contributed by atoms with Crippen LogP contribution < -0.4 is 5.73 Å². The first-order valence-corrected chi connectivity index (χ1v) is 7.72. The van der Waals surface area contributed by atoms with Crippen LogP contribution in [-0.2, 0) is 0 Å². The molecule has 0 aromatic carbocycles. The number of carbonyl (C=O) groups is 1. The van der Waals surface area contributed by atoms with Crippen molar-refractivity contribution in [2.75, 3.05) is 13.1 Å². The summed E-state index contributed by atoms with van der Waals surface area (Å²) in [6.07, 6.45) is 3.30. The Morgan fingerprint density at radius 2 is 2.19 bits per heavy atom. The third-order valence-corrected chi connectivity index (χ3v) is 5.33. The molecule has 3 atom stereocenters. The van der Waals surface area contributed by atoms with Crippen molar-refractivity contribution in [3.8, 4) is 0 Å². The van der Waals surface area contributed by atoms with Crippen LogP contribution in [0.4, 0.5) is 5.00 Å². The highest BCUT2D eigenvalue weighted by Crippen LogP contribution is 2.36. The molecule has 3 unspecified atom stereocenters. The van der Waals surface area contributed by atoms with Crippen LogP contribution in [0.1, 0.15) is 29.6 Å². The first-order valence-electron chi connectivity index (χ1n) is 6.84. The Morgan fingerprint density at radius 1 is 1.43 bits per heavy atom. The highest BCUT2D eigenvalue weighted by Gasteiger charge is 2.40. The smallest absolute Gasteiger partial charge is 0.324 e. The van der Waals surface area contributed by atoms with E-state index in [0.717, 1.165) is 37.1 Å². The Balaban J connectivity index is 0.00000161. The number of fused-ring (bicyclic) bond motifs is 1. The number of thiophene rings is 1. The molecular formula is C13H18ClN3O3S. The van der Waals surface area contributed by atoms with Gasteiger partial charge in [0.15, 0.2) is 0 Å². The molecule has 1 saturated heterocycles. The summed E-state index contributed by atoms with van der Waals surface area (Å²) in [5.41, 5.74) is 6.56. The van der Waals surface area contributed by atoms with Gasteiger partial charge < -0.3 is 10.6 Å².